The lowest BCUT2D eigenvalue weighted by Gasteiger charge is -2.16. The van der Waals surface area contributed by atoms with Crippen molar-refractivity contribution in [2.75, 3.05) is 13.6 Å². The predicted octanol–water partition coefficient (Wildman–Crippen LogP) is 2.03. The number of carbonyl (C=O) groups excluding carboxylic acids is 1. The first-order valence-corrected chi connectivity index (χ1v) is 7.44. The molecule has 0 atom stereocenters. The van der Waals surface area contributed by atoms with Crippen LogP contribution in [0.25, 0.3) is 0 Å². The molecular weight excluding hydrogens is 282 g/mol. The van der Waals surface area contributed by atoms with Crippen LogP contribution in [0.2, 0.25) is 0 Å². The maximum atomic E-state index is 12.5. The van der Waals surface area contributed by atoms with Crippen molar-refractivity contribution >= 4 is 17.2 Å². The van der Waals surface area contributed by atoms with E-state index in [2.05, 4.69) is 16.8 Å². The Hall–Kier alpha value is -2.16. The second kappa shape index (κ2) is 7.02. The van der Waals surface area contributed by atoms with Gasteiger partial charge in [0, 0.05) is 18.0 Å². The van der Waals surface area contributed by atoms with Crippen molar-refractivity contribution in [3.63, 3.8) is 0 Å². The van der Waals surface area contributed by atoms with Gasteiger partial charge in [-0.05, 0) is 19.1 Å². The van der Waals surface area contributed by atoms with Crippen LogP contribution in [0.1, 0.15) is 26.6 Å². The Labute approximate surface area is 128 Å². The van der Waals surface area contributed by atoms with Crippen molar-refractivity contribution in [3.05, 3.63) is 51.5 Å². The molecular formula is C16H17N3OS. The number of amides is 1. The van der Waals surface area contributed by atoms with Gasteiger partial charge in [-0.2, -0.15) is 0 Å². The molecule has 1 aromatic heterocycles. The summed E-state index contributed by atoms with van der Waals surface area (Å²) in [6.07, 6.45) is 0. The quantitative estimate of drug-likeness (QED) is 0.882. The highest BCUT2D eigenvalue weighted by Gasteiger charge is 2.15. The van der Waals surface area contributed by atoms with Crippen LogP contribution in [0, 0.1) is 18.8 Å². The number of nitrogens with zero attached hydrogens (tertiary/aromatic N) is 2. The average Bonchev–Trinajstić information content (AvgIpc) is 2.89. The van der Waals surface area contributed by atoms with Gasteiger partial charge in [0.05, 0.1) is 29.4 Å². The van der Waals surface area contributed by atoms with Gasteiger partial charge in [0.1, 0.15) is 0 Å². The van der Waals surface area contributed by atoms with Gasteiger partial charge in [0.2, 0.25) is 0 Å². The Balaban J connectivity index is 2.19. The molecule has 0 aliphatic rings. The van der Waals surface area contributed by atoms with E-state index in [0.29, 0.717) is 17.7 Å². The molecule has 2 aromatic rings. The Morgan fingerprint density at radius 2 is 2.19 bits per heavy atom. The SMILES string of the molecule is Cc1nc(CN(C)C(=O)c2ccccc2C#CCN)cs1. The summed E-state index contributed by atoms with van der Waals surface area (Å²) in [4.78, 5) is 18.6. The zero-order chi connectivity index (χ0) is 15.2. The molecule has 1 aromatic carbocycles. The van der Waals surface area contributed by atoms with Crippen molar-refractivity contribution in [3.8, 4) is 11.8 Å². The summed E-state index contributed by atoms with van der Waals surface area (Å²) in [6.45, 7) is 2.71. The van der Waals surface area contributed by atoms with E-state index in [4.69, 9.17) is 5.73 Å². The zero-order valence-electron chi connectivity index (χ0n) is 12.1. The van der Waals surface area contributed by atoms with E-state index in [-0.39, 0.29) is 12.5 Å². The normalized spacial score (nSPS) is 9.86. The summed E-state index contributed by atoms with van der Waals surface area (Å²) in [5.41, 5.74) is 7.59. The summed E-state index contributed by atoms with van der Waals surface area (Å²) in [6, 6.07) is 7.31. The molecule has 21 heavy (non-hydrogen) atoms. The van der Waals surface area contributed by atoms with Gasteiger partial charge in [0.25, 0.3) is 5.91 Å². The van der Waals surface area contributed by atoms with Crippen LogP contribution in [-0.2, 0) is 6.54 Å². The number of nitrogens with two attached hydrogens (primary N) is 1. The highest BCUT2D eigenvalue weighted by molar-refractivity contribution is 7.09. The molecule has 0 spiro atoms. The molecule has 1 heterocycles. The van der Waals surface area contributed by atoms with Crippen LogP contribution in [0.4, 0.5) is 0 Å². The summed E-state index contributed by atoms with van der Waals surface area (Å²) >= 11 is 1.58. The summed E-state index contributed by atoms with van der Waals surface area (Å²) in [5.74, 6) is 5.66. The third-order valence-corrected chi connectivity index (χ3v) is 3.72. The Morgan fingerprint density at radius 1 is 1.43 bits per heavy atom. The van der Waals surface area contributed by atoms with Gasteiger partial charge in [0.15, 0.2) is 0 Å². The highest BCUT2D eigenvalue weighted by atomic mass is 32.1. The third kappa shape index (κ3) is 3.91. The number of hydrogen-bond donors (Lipinski definition) is 1. The van der Waals surface area contributed by atoms with Crippen LogP contribution in [0.3, 0.4) is 0 Å². The fourth-order valence-corrected chi connectivity index (χ4v) is 2.53. The second-order valence-corrected chi connectivity index (χ2v) is 5.63. The Morgan fingerprint density at radius 3 is 2.86 bits per heavy atom. The molecule has 0 fully saturated rings. The first kappa shape index (κ1) is 15.2. The summed E-state index contributed by atoms with van der Waals surface area (Å²) < 4.78 is 0. The number of rotatable bonds is 3. The molecule has 0 aliphatic carbocycles. The lowest BCUT2D eigenvalue weighted by atomic mass is 10.1. The van der Waals surface area contributed by atoms with Gasteiger partial charge in [-0.25, -0.2) is 4.98 Å². The lowest BCUT2D eigenvalue weighted by molar-refractivity contribution is 0.0783. The van der Waals surface area contributed by atoms with Gasteiger partial charge >= 0.3 is 0 Å². The van der Waals surface area contributed by atoms with Crippen molar-refractivity contribution < 1.29 is 4.79 Å². The van der Waals surface area contributed by atoms with Crippen LogP contribution in [-0.4, -0.2) is 29.4 Å². The first-order valence-electron chi connectivity index (χ1n) is 6.56. The fraction of sp³-hybridized carbons (Fsp3) is 0.250. The molecule has 108 valence electrons. The maximum Gasteiger partial charge on any atom is 0.255 e. The highest BCUT2D eigenvalue weighted by Crippen LogP contribution is 2.14. The predicted molar refractivity (Wildman–Crippen MR) is 85.0 cm³/mol. The van der Waals surface area contributed by atoms with E-state index in [1.54, 1.807) is 29.4 Å². The maximum absolute atomic E-state index is 12.5. The Kier molecular flexibility index (Phi) is 5.09. The van der Waals surface area contributed by atoms with Crippen molar-refractivity contribution in [2.24, 2.45) is 5.73 Å². The minimum atomic E-state index is -0.0671. The van der Waals surface area contributed by atoms with Gasteiger partial charge in [-0.3, -0.25) is 4.79 Å². The number of carbonyl (C=O) groups is 1. The Bertz CT molecular complexity index is 697. The van der Waals surface area contributed by atoms with Crippen LogP contribution < -0.4 is 5.73 Å². The lowest BCUT2D eigenvalue weighted by Crippen LogP contribution is -2.27. The summed E-state index contributed by atoms with van der Waals surface area (Å²) in [7, 11) is 1.77. The molecule has 0 aliphatic heterocycles. The molecule has 5 heteroatoms. The monoisotopic (exact) mass is 299 g/mol. The number of thiazole rings is 1. The van der Waals surface area contributed by atoms with Crippen molar-refractivity contribution in [2.45, 2.75) is 13.5 Å². The van der Waals surface area contributed by atoms with E-state index in [1.807, 2.05) is 30.5 Å². The number of hydrogen-bond acceptors (Lipinski definition) is 4. The number of benzene rings is 1. The van der Waals surface area contributed by atoms with E-state index >= 15 is 0 Å². The van der Waals surface area contributed by atoms with Crippen LogP contribution >= 0.6 is 11.3 Å². The molecule has 2 rings (SSSR count). The van der Waals surface area contributed by atoms with E-state index in [1.165, 1.54) is 0 Å². The second-order valence-electron chi connectivity index (χ2n) is 4.57. The minimum absolute atomic E-state index is 0.0671. The molecule has 1 amide bonds. The zero-order valence-corrected chi connectivity index (χ0v) is 12.9. The van der Waals surface area contributed by atoms with Crippen LogP contribution in [0.15, 0.2) is 29.6 Å². The molecule has 0 bridgehead atoms. The molecule has 0 radical (unpaired) electrons. The first-order chi connectivity index (χ1) is 10.1. The standard InChI is InChI=1S/C16H17N3OS/c1-12-18-14(11-21-12)10-19(2)16(20)15-8-4-3-6-13(15)7-5-9-17/h3-4,6,8,11H,9-10,17H2,1-2H3. The number of aryl methyl sites for hydroxylation is 1. The van der Waals surface area contributed by atoms with Gasteiger partial charge < -0.3 is 10.6 Å². The van der Waals surface area contributed by atoms with E-state index < -0.39 is 0 Å². The molecule has 4 nitrogen and oxygen atoms in total. The largest absolute Gasteiger partial charge is 0.336 e. The smallest absolute Gasteiger partial charge is 0.255 e. The van der Waals surface area contributed by atoms with E-state index in [9.17, 15) is 4.79 Å². The minimum Gasteiger partial charge on any atom is -0.336 e. The van der Waals surface area contributed by atoms with Crippen LogP contribution in [0.5, 0.6) is 0 Å². The third-order valence-electron chi connectivity index (χ3n) is 2.90. The van der Waals surface area contributed by atoms with Crippen molar-refractivity contribution in [1.29, 1.82) is 0 Å². The molecule has 0 saturated heterocycles. The van der Waals surface area contributed by atoms with Crippen molar-refractivity contribution in [1.82, 2.24) is 9.88 Å². The van der Waals surface area contributed by atoms with E-state index in [0.717, 1.165) is 10.7 Å². The fourth-order valence-electron chi connectivity index (χ4n) is 1.93. The molecule has 2 N–H and O–H groups in total. The molecule has 0 saturated carbocycles. The average molecular weight is 299 g/mol. The van der Waals surface area contributed by atoms with Gasteiger partial charge in [-0.15, -0.1) is 11.3 Å². The van der Waals surface area contributed by atoms with Gasteiger partial charge in [-0.1, -0.05) is 24.0 Å². The topological polar surface area (TPSA) is 59.2 Å². The summed E-state index contributed by atoms with van der Waals surface area (Å²) in [5, 5.41) is 2.97. The number of aromatic nitrogens is 1. The molecule has 0 unspecified atom stereocenters.